The summed E-state index contributed by atoms with van der Waals surface area (Å²) in [6, 6.07) is 18.9. The Kier molecular flexibility index (Phi) is 12.3. The van der Waals surface area contributed by atoms with Crippen LogP contribution in [0.1, 0.15) is 84.4 Å². The van der Waals surface area contributed by atoms with Gasteiger partial charge in [-0.3, -0.25) is 4.79 Å². The van der Waals surface area contributed by atoms with Gasteiger partial charge in [0.2, 0.25) is 15.9 Å². The van der Waals surface area contributed by atoms with Gasteiger partial charge in [-0.05, 0) is 106 Å². The number of carbonyl (C=O) groups is 3. The van der Waals surface area contributed by atoms with Crippen LogP contribution in [0, 0.1) is 17.7 Å². The summed E-state index contributed by atoms with van der Waals surface area (Å²) >= 11 is 0. The van der Waals surface area contributed by atoms with Crippen LogP contribution in [0.25, 0.3) is 22.2 Å². The molecular weight excluding hydrogens is 700 g/mol. The Morgan fingerprint density at radius 3 is 2.17 bits per heavy atom. The van der Waals surface area contributed by atoms with Gasteiger partial charge in [-0.2, -0.15) is 0 Å². The molecule has 0 unspecified atom stereocenters. The van der Waals surface area contributed by atoms with Crippen LogP contribution in [0.15, 0.2) is 77.7 Å². The fraction of sp³-hybridized carbons (Fsp3) is 0.425. The van der Waals surface area contributed by atoms with E-state index in [1.54, 1.807) is 51.1 Å². The van der Waals surface area contributed by atoms with Crippen molar-refractivity contribution in [2.24, 2.45) is 11.8 Å². The number of benzene rings is 3. The summed E-state index contributed by atoms with van der Waals surface area (Å²) < 4.78 is 53.7. The third-order valence-corrected chi connectivity index (χ3v) is 10.8. The number of hydrogen-bond acceptors (Lipinski definition) is 7. The van der Waals surface area contributed by atoms with Gasteiger partial charge in [0.25, 0.3) is 0 Å². The zero-order valence-corrected chi connectivity index (χ0v) is 31.8. The lowest BCUT2D eigenvalue weighted by atomic mass is 9.85. The van der Waals surface area contributed by atoms with Crippen LogP contribution in [-0.4, -0.2) is 49.1 Å². The number of hydrogen-bond donors (Lipinski definition) is 4. The van der Waals surface area contributed by atoms with E-state index in [1.165, 1.54) is 12.1 Å². The Hall–Kier alpha value is -4.75. The lowest BCUT2D eigenvalue weighted by Gasteiger charge is -2.29. The van der Waals surface area contributed by atoms with Crippen molar-refractivity contribution in [3.05, 3.63) is 89.7 Å². The molecule has 5 rings (SSSR count). The molecule has 11 nitrogen and oxygen atoms in total. The molecule has 0 saturated heterocycles. The first-order chi connectivity index (χ1) is 25.0. The van der Waals surface area contributed by atoms with Crippen LogP contribution >= 0.6 is 0 Å². The van der Waals surface area contributed by atoms with Crippen molar-refractivity contribution in [1.29, 1.82) is 0 Å². The minimum Gasteiger partial charge on any atom is -0.459 e. The Morgan fingerprint density at radius 2 is 1.55 bits per heavy atom. The number of ether oxygens (including phenoxy) is 2. The highest BCUT2D eigenvalue weighted by molar-refractivity contribution is 7.89. The van der Waals surface area contributed by atoms with Crippen LogP contribution in [-0.2, 0) is 35.7 Å². The fourth-order valence-electron chi connectivity index (χ4n) is 6.31. The quantitative estimate of drug-likeness (QED) is 0.111. The van der Waals surface area contributed by atoms with E-state index in [0.29, 0.717) is 31.2 Å². The molecule has 0 bridgehead atoms. The molecule has 4 aromatic rings. The van der Waals surface area contributed by atoms with Crippen molar-refractivity contribution in [1.82, 2.24) is 20.3 Å². The summed E-state index contributed by atoms with van der Waals surface area (Å²) in [5.41, 5.74) is 3.18. The normalized spacial score (nSPS) is 17.6. The number of aromatic nitrogens is 1. The highest BCUT2D eigenvalue weighted by atomic mass is 32.2. The Labute approximate surface area is 310 Å². The number of amides is 2. The molecule has 2 amide bonds. The van der Waals surface area contributed by atoms with E-state index in [9.17, 15) is 27.2 Å². The van der Waals surface area contributed by atoms with Crippen LogP contribution in [0.3, 0.4) is 0 Å². The highest BCUT2D eigenvalue weighted by Gasteiger charge is 2.31. The zero-order chi connectivity index (χ0) is 38.5. The summed E-state index contributed by atoms with van der Waals surface area (Å²) in [4.78, 5) is 41.4. The number of esters is 1. The molecule has 1 heterocycles. The van der Waals surface area contributed by atoms with Crippen LogP contribution in [0.5, 0.6) is 0 Å². The van der Waals surface area contributed by atoms with Crippen molar-refractivity contribution >= 4 is 38.9 Å². The smallest absolute Gasteiger partial charge is 0.408 e. The summed E-state index contributed by atoms with van der Waals surface area (Å²) in [7, 11) is -3.82. The minimum absolute atomic E-state index is 0.0187. The monoisotopic (exact) mass is 748 g/mol. The number of aromatic amines is 1. The molecule has 2 atom stereocenters. The molecule has 1 aliphatic carbocycles. The minimum atomic E-state index is -3.82. The van der Waals surface area contributed by atoms with E-state index in [-0.39, 0.29) is 47.1 Å². The van der Waals surface area contributed by atoms with Gasteiger partial charge in [-0.25, -0.2) is 27.1 Å². The van der Waals surface area contributed by atoms with Crippen molar-refractivity contribution < 1.29 is 36.7 Å². The molecule has 0 spiro atoms. The van der Waals surface area contributed by atoms with Crippen molar-refractivity contribution in [3.8, 4) is 11.3 Å². The van der Waals surface area contributed by atoms with Crippen LogP contribution in [0.2, 0.25) is 0 Å². The highest BCUT2D eigenvalue weighted by Crippen LogP contribution is 2.29. The van der Waals surface area contributed by atoms with E-state index in [2.05, 4.69) is 20.3 Å². The van der Waals surface area contributed by atoms with E-state index in [0.717, 1.165) is 27.8 Å². The molecule has 0 radical (unpaired) electrons. The van der Waals surface area contributed by atoms with Crippen molar-refractivity contribution in [2.45, 2.75) is 102 Å². The number of alkyl carbamates (subject to hydrolysis) is 1. The predicted octanol–water partition coefficient (Wildman–Crippen LogP) is 7.28. The number of carbonyl (C=O) groups excluding carboxylic acids is 3. The van der Waals surface area contributed by atoms with E-state index in [1.807, 2.05) is 51.1 Å². The summed E-state index contributed by atoms with van der Waals surface area (Å²) in [6.07, 6.45) is 1.49. The summed E-state index contributed by atoms with van der Waals surface area (Å²) in [5.74, 6) is -1.41. The Morgan fingerprint density at radius 1 is 0.887 bits per heavy atom. The summed E-state index contributed by atoms with van der Waals surface area (Å²) in [5, 5.41) is 6.44. The second kappa shape index (κ2) is 16.5. The van der Waals surface area contributed by atoms with Crippen molar-refractivity contribution in [2.75, 3.05) is 0 Å². The lowest BCUT2D eigenvalue weighted by molar-refractivity contribution is -0.148. The van der Waals surface area contributed by atoms with Gasteiger partial charge >= 0.3 is 12.1 Å². The molecular formula is C40H49FN4O7S. The molecule has 1 aromatic heterocycles. The number of nitrogens with one attached hydrogen (secondary N) is 4. The van der Waals surface area contributed by atoms with Gasteiger partial charge in [0, 0.05) is 28.6 Å². The second-order valence-corrected chi connectivity index (χ2v) is 16.8. The van der Waals surface area contributed by atoms with E-state index < -0.39 is 33.7 Å². The maximum absolute atomic E-state index is 13.4. The Bertz CT molecular complexity index is 2010. The first-order valence-corrected chi connectivity index (χ1v) is 19.4. The van der Waals surface area contributed by atoms with E-state index >= 15 is 0 Å². The number of H-pyrrole nitrogens is 1. The average molecular weight is 749 g/mol. The van der Waals surface area contributed by atoms with Crippen LogP contribution in [0.4, 0.5) is 9.18 Å². The molecule has 3 aromatic carbocycles. The number of rotatable bonds is 12. The third-order valence-electron chi connectivity index (χ3n) is 9.29. The molecule has 284 valence electrons. The fourth-order valence-corrected chi connectivity index (χ4v) is 7.64. The predicted molar refractivity (Wildman–Crippen MR) is 201 cm³/mol. The van der Waals surface area contributed by atoms with Gasteiger partial charge in [0.05, 0.1) is 10.9 Å². The second-order valence-electron chi connectivity index (χ2n) is 15.1. The molecule has 1 aliphatic rings. The number of halogens is 1. The Balaban J connectivity index is 1.14. The van der Waals surface area contributed by atoms with Crippen LogP contribution < -0.4 is 15.4 Å². The first-order valence-electron chi connectivity index (χ1n) is 17.9. The molecule has 1 fully saturated rings. The molecule has 13 heteroatoms. The average Bonchev–Trinajstić information content (AvgIpc) is 3.53. The van der Waals surface area contributed by atoms with E-state index in [4.69, 9.17) is 9.47 Å². The van der Waals surface area contributed by atoms with Gasteiger partial charge in [0.15, 0.2) is 0 Å². The topological polar surface area (TPSA) is 156 Å². The SMILES string of the molecule is CC(C)[C@H](NC(=O)OC(C)(C)C)C(=O)OCc1ccc(-c2cc3ccc(S(=O)(=O)NC4CCC(C(=O)N[C@H](C)c5ccc(F)cc5)CC4)cc3[nH]2)cc1. The van der Waals surface area contributed by atoms with Crippen molar-refractivity contribution in [3.63, 3.8) is 0 Å². The molecule has 0 aliphatic heterocycles. The van der Waals surface area contributed by atoms with Gasteiger partial charge in [-0.15, -0.1) is 0 Å². The lowest BCUT2D eigenvalue weighted by Crippen LogP contribution is -2.47. The largest absolute Gasteiger partial charge is 0.459 e. The zero-order valence-electron chi connectivity index (χ0n) is 31.0. The molecule has 53 heavy (non-hydrogen) atoms. The summed E-state index contributed by atoms with van der Waals surface area (Å²) in [6.45, 7) is 10.7. The van der Waals surface area contributed by atoms with Gasteiger partial charge in [0.1, 0.15) is 24.1 Å². The third kappa shape index (κ3) is 10.7. The molecule has 4 N–H and O–H groups in total. The number of fused-ring (bicyclic) bond motifs is 1. The number of sulfonamides is 1. The maximum Gasteiger partial charge on any atom is 0.408 e. The maximum atomic E-state index is 13.4. The first kappa shape index (κ1) is 39.5. The van der Waals surface area contributed by atoms with Gasteiger partial charge in [-0.1, -0.05) is 56.3 Å². The van der Waals surface area contributed by atoms with Gasteiger partial charge < -0.3 is 25.1 Å². The molecule has 1 saturated carbocycles. The standard InChI is InChI=1S/C40H49FN4O7S/c1-24(2)36(44-39(48)52-40(4,5)6)38(47)51-23-26-7-9-28(10-8-26)34-21-30-15-20-33(22-35(30)43-34)53(49,50)45-32-18-13-29(14-19-32)37(46)42-25(3)27-11-16-31(41)17-12-27/h7-12,15-17,20-22,24-25,29,32,36,43,45H,13-14,18-19,23H2,1-6H3,(H,42,46)(H,44,48)/t25-,29?,32?,36+/m1/s1.